The Morgan fingerprint density at radius 2 is 1.54 bits per heavy atom. The number of alkyl halides is 6. The van der Waals surface area contributed by atoms with E-state index in [-0.39, 0.29) is 5.41 Å². The maximum absolute atomic E-state index is 13.1. The molecule has 0 aliphatic carbocycles. The fourth-order valence-electron chi connectivity index (χ4n) is 3.96. The van der Waals surface area contributed by atoms with Gasteiger partial charge in [-0.15, -0.1) is 0 Å². The number of halogens is 6. The summed E-state index contributed by atoms with van der Waals surface area (Å²) in [7, 11) is 0. The Morgan fingerprint density at radius 1 is 0.973 bits per heavy atom. The number of rotatable bonds is 3. The molecule has 4 heterocycles. The minimum absolute atomic E-state index is 0.173. The summed E-state index contributed by atoms with van der Waals surface area (Å²) >= 11 is 1.66. The van der Waals surface area contributed by atoms with Crippen LogP contribution in [0, 0.1) is 5.41 Å². The Labute approximate surface area is 211 Å². The lowest BCUT2D eigenvalue weighted by molar-refractivity contribution is -0.193. The fourth-order valence-corrected chi connectivity index (χ4v) is 4.61. The molecule has 0 radical (unpaired) electrons. The number of piperidine rings is 1. The van der Waals surface area contributed by atoms with Crippen molar-refractivity contribution in [2.45, 2.75) is 38.2 Å². The van der Waals surface area contributed by atoms with Crippen molar-refractivity contribution in [3.8, 4) is 0 Å². The molecule has 2 saturated heterocycles. The molecule has 8 nitrogen and oxygen atoms in total. The fraction of sp³-hybridized carbons (Fsp3) is 0.455. The third kappa shape index (κ3) is 8.70. The summed E-state index contributed by atoms with van der Waals surface area (Å²) in [6.45, 7) is 3.74. The van der Waals surface area contributed by atoms with Crippen LogP contribution in [0.2, 0.25) is 0 Å². The maximum atomic E-state index is 13.1. The monoisotopic (exact) mass is 555 g/mol. The number of pyridine rings is 1. The minimum Gasteiger partial charge on any atom is -0.475 e. The molecule has 2 N–H and O–H groups in total. The van der Waals surface area contributed by atoms with Crippen LogP contribution in [0.4, 0.5) is 32.0 Å². The van der Waals surface area contributed by atoms with Crippen LogP contribution < -0.4 is 4.90 Å². The number of hydrogen-bond donors (Lipinski definition) is 2. The number of amides is 1. The van der Waals surface area contributed by atoms with Gasteiger partial charge < -0.3 is 15.1 Å². The van der Waals surface area contributed by atoms with E-state index in [0.29, 0.717) is 5.91 Å². The number of likely N-dealkylation sites (tertiary alicyclic amines) is 1. The van der Waals surface area contributed by atoms with Crippen LogP contribution in [0.1, 0.15) is 24.8 Å². The van der Waals surface area contributed by atoms with Gasteiger partial charge in [0.25, 0.3) is 0 Å². The van der Waals surface area contributed by atoms with E-state index in [1.807, 2.05) is 22.7 Å². The second-order valence-electron chi connectivity index (χ2n) is 8.24. The average molecular weight is 555 g/mol. The van der Waals surface area contributed by atoms with Gasteiger partial charge in [0.2, 0.25) is 5.91 Å². The number of aromatic nitrogens is 1. The van der Waals surface area contributed by atoms with Gasteiger partial charge in [0, 0.05) is 37.4 Å². The van der Waals surface area contributed by atoms with Gasteiger partial charge in [-0.25, -0.2) is 9.59 Å². The first-order chi connectivity index (χ1) is 17.2. The highest BCUT2D eigenvalue weighted by Crippen LogP contribution is 2.42. The van der Waals surface area contributed by atoms with Crippen molar-refractivity contribution in [2.24, 2.45) is 5.41 Å². The summed E-state index contributed by atoms with van der Waals surface area (Å²) < 4.78 is 63.5. The highest BCUT2D eigenvalue weighted by molar-refractivity contribution is 7.08. The van der Waals surface area contributed by atoms with Gasteiger partial charge in [-0.2, -0.15) is 37.7 Å². The Kier molecular flexibility index (Phi) is 10.0. The van der Waals surface area contributed by atoms with Crippen LogP contribution in [-0.4, -0.2) is 69.9 Å². The summed E-state index contributed by atoms with van der Waals surface area (Å²) in [6, 6.07) is 6.18. The van der Waals surface area contributed by atoms with Crippen molar-refractivity contribution in [3.63, 3.8) is 0 Å². The standard InChI is InChI=1S/C18H21N3OS.2C2HF3O2/c22-17-18(6-10-21(17)16-4-11-23-13-16)5-1-9-20(14-18)12-15-2-7-19-8-3-15;2*3-2(4,5)1(6)7/h2-4,7-8,11,13H,1,5-6,9-10,12,14H2;2*(H,6,7). The Morgan fingerprint density at radius 3 is 2.03 bits per heavy atom. The van der Waals surface area contributed by atoms with E-state index in [2.05, 4.69) is 33.5 Å². The van der Waals surface area contributed by atoms with Crippen LogP contribution >= 0.6 is 11.3 Å². The van der Waals surface area contributed by atoms with Gasteiger partial charge >= 0.3 is 24.3 Å². The molecule has 37 heavy (non-hydrogen) atoms. The quantitative estimate of drug-likeness (QED) is 0.539. The second kappa shape index (κ2) is 12.4. The predicted octanol–water partition coefficient (Wildman–Crippen LogP) is 4.43. The molecule has 2 aromatic rings. The minimum atomic E-state index is -5.08. The number of carbonyl (C=O) groups excluding carboxylic acids is 1. The number of nitrogens with zero attached hydrogens (tertiary/aromatic N) is 3. The molecule has 1 atom stereocenters. The van der Waals surface area contributed by atoms with E-state index in [0.717, 1.165) is 51.1 Å². The molecule has 2 aliphatic heterocycles. The number of anilines is 1. The summed E-state index contributed by atoms with van der Waals surface area (Å²) in [5.41, 5.74) is 2.17. The molecule has 0 bridgehead atoms. The molecular weight excluding hydrogens is 532 g/mol. The van der Waals surface area contributed by atoms with Gasteiger partial charge in [-0.1, -0.05) is 0 Å². The molecule has 204 valence electrons. The molecule has 0 saturated carbocycles. The first-order valence-electron chi connectivity index (χ1n) is 10.7. The number of carboxylic acids is 2. The van der Waals surface area contributed by atoms with E-state index in [1.54, 1.807) is 11.3 Å². The highest BCUT2D eigenvalue weighted by Gasteiger charge is 2.49. The van der Waals surface area contributed by atoms with Crippen LogP contribution in [0.15, 0.2) is 41.4 Å². The van der Waals surface area contributed by atoms with Crippen LogP contribution in [0.25, 0.3) is 0 Å². The lowest BCUT2D eigenvalue weighted by Gasteiger charge is -2.39. The molecule has 0 aromatic carbocycles. The van der Waals surface area contributed by atoms with E-state index >= 15 is 0 Å². The van der Waals surface area contributed by atoms with Crippen molar-refractivity contribution in [2.75, 3.05) is 24.5 Å². The van der Waals surface area contributed by atoms with Crippen molar-refractivity contribution in [1.82, 2.24) is 9.88 Å². The maximum Gasteiger partial charge on any atom is 0.490 e. The molecule has 1 unspecified atom stereocenters. The molecule has 1 spiro atoms. The first kappa shape index (κ1) is 30.0. The Bertz CT molecular complexity index is 1030. The molecule has 15 heteroatoms. The largest absolute Gasteiger partial charge is 0.490 e. The number of carboxylic acid groups (broad SMARTS) is 2. The smallest absolute Gasteiger partial charge is 0.475 e. The van der Waals surface area contributed by atoms with Crippen molar-refractivity contribution >= 4 is 34.9 Å². The zero-order chi connectivity index (χ0) is 27.9. The van der Waals surface area contributed by atoms with E-state index in [4.69, 9.17) is 19.8 Å². The third-order valence-electron chi connectivity index (χ3n) is 5.63. The highest BCUT2D eigenvalue weighted by atomic mass is 32.1. The summed E-state index contributed by atoms with van der Waals surface area (Å²) in [5, 5.41) is 18.4. The van der Waals surface area contributed by atoms with Crippen molar-refractivity contribution < 1.29 is 50.9 Å². The van der Waals surface area contributed by atoms with Gasteiger partial charge in [0.15, 0.2) is 0 Å². The lowest BCUT2D eigenvalue weighted by Crippen LogP contribution is -2.47. The Hall–Kier alpha value is -3.20. The third-order valence-corrected chi connectivity index (χ3v) is 6.30. The number of thiophene rings is 1. The lowest BCUT2D eigenvalue weighted by atomic mass is 9.78. The zero-order valence-electron chi connectivity index (χ0n) is 19.1. The summed E-state index contributed by atoms with van der Waals surface area (Å²) in [5.74, 6) is -5.18. The van der Waals surface area contributed by atoms with Gasteiger partial charge in [-0.3, -0.25) is 14.7 Å². The number of aliphatic carboxylic acids is 2. The molecular formula is C22H23F6N3O5S. The molecule has 2 aromatic heterocycles. The van der Waals surface area contributed by atoms with Crippen LogP contribution in [0.3, 0.4) is 0 Å². The van der Waals surface area contributed by atoms with Gasteiger partial charge in [0.1, 0.15) is 0 Å². The zero-order valence-corrected chi connectivity index (χ0v) is 19.9. The molecule has 2 aliphatic rings. The molecule has 2 fully saturated rings. The number of hydrogen-bond acceptors (Lipinski definition) is 6. The van der Waals surface area contributed by atoms with E-state index in [1.165, 1.54) is 5.56 Å². The van der Waals surface area contributed by atoms with Gasteiger partial charge in [0.05, 0.1) is 11.1 Å². The van der Waals surface area contributed by atoms with E-state index in [9.17, 15) is 31.1 Å². The van der Waals surface area contributed by atoms with Gasteiger partial charge in [-0.05, 0) is 54.9 Å². The van der Waals surface area contributed by atoms with Crippen molar-refractivity contribution in [3.05, 3.63) is 46.9 Å². The normalized spacial score (nSPS) is 20.1. The topological polar surface area (TPSA) is 111 Å². The average Bonchev–Trinajstić information content (AvgIpc) is 3.43. The second-order valence-corrected chi connectivity index (χ2v) is 9.02. The first-order valence-corrected chi connectivity index (χ1v) is 11.7. The molecule has 1 amide bonds. The predicted molar refractivity (Wildman–Crippen MR) is 120 cm³/mol. The Balaban J connectivity index is 0.000000286. The number of carbonyl (C=O) groups is 3. The van der Waals surface area contributed by atoms with Crippen LogP contribution in [0.5, 0.6) is 0 Å². The summed E-state index contributed by atoms with van der Waals surface area (Å²) in [4.78, 5) is 39.4. The SMILES string of the molecule is O=C(O)C(F)(F)F.O=C(O)C(F)(F)F.O=C1N(c2ccsc2)CCC12CCCN(Cc1ccncc1)C2. The summed E-state index contributed by atoms with van der Waals surface area (Å²) in [6.07, 6.45) is -3.37. The van der Waals surface area contributed by atoms with E-state index < -0.39 is 24.3 Å². The van der Waals surface area contributed by atoms with Crippen LogP contribution in [-0.2, 0) is 20.9 Å². The molecule has 4 rings (SSSR count). The van der Waals surface area contributed by atoms with Crippen molar-refractivity contribution in [1.29, 1.82) is 0 Å².